The first-order chi connectivity index (χ1) is 13.5. The van der Waals surface area contributed by atoms with Crippen molar-refractivity contribution in [2.75, 3.05) is 10.6 Å². The number of amides is 2. The molecule has 3 aromatic rings. The lowest BCUT2D eigenvalue weighted by atomic mass is 10.2. The molecule has 0 saturated carbocycles. The van der Waals surface area contributed by atoms with Crippen LogP contribution in [0.25, 0.3) is 0 Å². The monoisotopic (exact) mass is 411 g/mol. The van der Waals surface area contributed by atoms with Gasteiger partial charge in [-0.25, -0.2) is 0 Å². The summed E-state index contributed by atoms with van der Waals surface area (Å²) in [7, 11) is 0. The molecule has 0 radical (unpaired) electrons. The molecule has 0 saturated heterocycles. The fourth-order valence-corrected chi connectivity index (χ4v) is 3.53. The number of pyridine rings is 1. The quantitative estimate of drug-likeness (QED) is 0.553. The van der Waals surface area contributed by atoms with E-state index < -0.39 is 0 Å². The Kier molecular flexibility index (Phi) is 6.68. The number of nitrogens with zero attached hydrogens (tertiary/aromatic N) is 1. The third-order valence-electron chi connectivity index (χ3n) is 3.81. The van der Waals surface area contributed by atoms with Crippen LogP contribution in [0.2, 0.25) is 5.02 Å². The molecule has 0 fully saturated rings. The summed E-state index contributed by atoms with van der Waals surface area (Å²) in [6.45, 7) is 1.83. The Bertz CT molecular complexity index is 982. The van der Waals surface area contributed by atoms with Crippen LogP contribution < -0.4 is 10.6 Å². The molecule has 1 aromatic heterocycles. The molecule has 28 heavy (non-hydrogen) atoms. The van der Waals surface area contributed by atoms with Crippen molar-refractivity contribution in [3.05, 3.63) is 83.6 Å². The van der Waals surface area contributed by atoms with E-state index in [9.17, 15) is 9.59 Å². The Morgan fingerprint density at radius 2 is 1.71 bits per heavy atom. The zero-order chi connectivity index (χ0) is 19.9. The number of aromatic nitrogens is 1. The zero-order valence-electron chi connectivity index (χ0n) is 15.1. The molecule has 0 aliphatic rings. The van der Waals surface area contributed by atoms with Crippen LogP contribution in [0.15, 0.2) is 78.0 Å². The van der Waals surface area contributed by atoms with E-state index in [4.69, 9.17) is 11.6 Å². The van der Waals surface area contributed by atoms with Gasteiger partial charge in [-0.3, -0.25) is 14.6 Å². The number of halogens is 1. The first kappa shape index (κ1) is 19.9. The van der Waals surface area contributed by atoms with Crippen LogP contribution in [0, 0.1) is 0 Å². The van der Waals surface area contributed by atoms with Crippen LogP contribution in [0.4, 0.5) is 11.4 Å². The summed E-state index contributed by atoms with van der Waals surface area (Å²) in [6, 6.07) is 17.6. The van der Waals surface area contributed by atoms with Gasteiger partial charge in [-0.1, -0.05) is 23.7 Å². The van der Waals surface area contributed by atoms with Crippen molar-refractivity contribution in [3.63, 3.8) is 0 Å². The molecule has 0 aliphatic heterocycles. The summed E-state index contributed by atoms with van der Waals surface area (Å²) in [5.41, 5.74) is 1.84. The second-order valence-corrected chi connectivity index (χ2v) is 7.83. The smallest absolute Gasteiger partial charge is 0.255 e. The Hall–Kier alpha value is -2.83. The van der Waals surface area contributed by atoms with Gasteiger partial charge in [-0.2, -0.15) is 0 Å². The number of carbonyl (C=O) groups excluding carboxylic acids is 2. The molecule has 0 spiro atoms. The van der Waals surface area contributed by atoms with E-state index >= 15 is 0 Å². The highest BCUT2D eigenvalue weighted by Gasteiger charge is 2.15. The lowest BCUT2D eigenvalue weighted by molar-refractivity contribution is -0.115. The number of hydrogen-bond donors (Lipinski definition) is 2. The fourth-order valence-electron chi connectivity index (χ4n) is 2.42. The molecule has 7 heteroatoms. The first-order valence-electron chi connectivity index (χ1n) is 8.56. The maximum atomic E-state index is 12.4. The molecule has 2 aromatic carbocycles. The van der Waals surface area contributed by atoms with E-state index in [0.29, 0.717) is 22.0 Å². The van der Waals surface area contributed by atoms with Gasteiger partial charge in [-0.05, 0) is 55.5 Å². The summed E-state index contributed by atoms with van der Waals surface area (Å²) in [6.07, 6.45) is 3.25. The standard InChI is InChI=1S/C21H18ClN3O2S/c1-14(20(26)24-17-8-10-23-11-9-17)28-19-7-3-6-18(13-19)25-21(27)15-4-2-5-16(22)12-15/h2-14H,1H3,(H,25,27)(H,23,24,26). The fraction of sp³-hybridized carbons (Fsp3) is 0.0952. The lowest BCUT2D eigenvalue weighted by Crippen LogP contribution is -2.22. The van der Waals surface area contributed by atoms with Gasteiger partial charge in [0, 0.05) is 39.3 Å². The largest absolute Gasteiger partial charge is 0.325 e. The molecule has 0 bridgehead atoms. The Labute approximate surface area is 172 Å². The van der Waals surface area contributed by atoms with Crippen LogP contribution in [0.3, 0.4) is 0 Å². The Balaban J connectivity index is 1.62. The van der Waals surface area contributed by atoms with Gasteiger partial charge in [0.1, 0.15) is 0 Å². The van der Waals surface area contributed by atoms with E-state index in [1.165, 1.54) is 11.8 Å². The molecular weight excluding hydrogens is 394 g/mol. The molecule has 1 heterocycles. The van der Waals surface area contributed by atoms with Gasteiger partial charge in [0.15, 0.2) is 0 Å². The van der Waals surface area contributed by atoms with Crippen LogP contribution in [0.1, 0.15) is 17.3 Å². The highest BCUT2D eigenvalue weighted by Crippen LogP contribution is 2.27. The van der Waals surface area contributed by atoms with Crippen molar-refractivity contribution in [1.29, 1.82) is 0 Å². The topological polar surface area (TPSA) is 71.1 Å². The van der Waals surface area contributed by atoms with Crippen molar-refractivity contribution in [1.82, 2.24) is 4.98 Å². The van der Waals surface area contributed by atoms with Gasteiger partial charge in [0.2, 0.25) is 5.91 Å². The van der Waals surface area contributed by atoms with Gasteiger partial charge < -0.3 is 10.6 Å². The SMILES string of the molecule is CC(Sc1cccc(NC(=O)c2cccc(Cl)c2)c1)C(=O)Nc1ccncc1. The highest BCUT2D eigenvalue weighted by molar-refractivity contribution is 8.00. The maximum Gasteiger partial charge on any atom is 0.255 e. The molecule has 0 aliphatic carbocycles. The predicted molar refractivity (Wildman–Crippen MR) is 114 cm³/mol. The van der Waals surface area contributed by atoms with E-state index in [1.807, 2.05) is 25.1 Å². The van der Waals surface area contributed by atoms with Crippen LogP contribution in [-0.2, 0) is 4.79 Å². The molecule has 1 atom stereocenters. The molecule has 3 rings (SSSR count). The molecular formula is C21H18ClN3O2S. The van der Waals surface area contributed by atoms with Crippen LogP contribution >= 0.6 is 23.4 Å². The van der Waals surface area contributed by atoms with Gasteiger partial charge in [0.25, 0.3) is 5.91 Å². The summed E-state index contributed by atoms with van der Waals surface area (Å²) < 4.78 is 0. The Morgan fingerprint density at radius 3 is 2.46 bits per heavy atom. The number of nitrogens with one attached hydrogen (secondary N) is 2. The van der Waals surface area contributed by atoms with Crippen molar-refractivity contribution in [2.45, 2.75) is 17.1 Å². The summed E-state index contributed by atoms with van der Waals surface area (Å²) >= 11 is 7.35. The minimum atomic E-state index is -0.313. The maximum absolute atomic E-state index is 12.4. The molecule has 2 amide bonds. The van der Waals surface area contributed by atoms with E-state index in [0.717, 1.165) is 4.90 Å². The van der Waals surface area contributed by atoms with E-state index in [2.05, 4.69) is 15.6 Å². The van der Waals surface area contributed by atoms with Crippen molar-refractivity contribution >= 4 is 46.6 Å². The third-order valence-corrected chi connectivity index (χ3v) is 5.14. The summed E-state index contributed by atoms with van der Waals surface area (Å²) in [5.74, 6) is -0.349. The Morgan fingerprint density at radius 1 is 0.964 bits per heavy atom. The number of hydrogen-bond acceptors (Lipinski definition) is 4. The molecule has 2 N–H and O–H groups in total. The van der Waals surface area contributed by atoms with Crippen molar-refractivity contribution in [2.24, 2.45) is 0 Å². The van der Waals surface area contributed by atoms with Crippen LogP contribution in [0.5, 0.6) is 0 Å². The molecule has 142 valence electrons. The predicted octanol–water partition coefficient (Wildman–Crippen LogP) is 5.11. The van der Waals surface area contributed by atoms with E-state index in [-0.39, 0.29) is 17.1 Å². The molecule has 5 nitrogen and oxygen atoms in total. The highest BCUT2D eigenvalue weighted by atomic mass is 35.5. The zero-order valence-corrected chi connectivity index (χ0v) is 16.6. The minimum Gasteiger partial charge on any atom is -0.325 e. The average molecular weight is 412 g/mol. The number of carbonyl (C=O) groups is 2. The molecule has 1 unspecified atom stereocenters. The lowest BCUT2D eigenvalue weighted by Gasteiger charge is -2.13. The summed E-state index contributed by atoms with van der Waals surface area (Å²) in [4.78, 5) is 29.5. The van der Waals surface area contributed by atoms with Crippen molar-refractivity contribution < 1.29 is 9.59 Å². The first-order valence-corrected chi connectivity index (χ1v) is 9.81. The second-order valence-electron chi connectivity index (χ2n) is 5.98. The number of thioether (sulfide) groups is 1. The van der Waals surface area contributed by atoms with Gasteiger partial charge in [0.05, 0.1) is 5.25 Å². The van der Waals surface area contributed by atoms with E-state index in [1.54, 1.807) is 54.9 Å². The minimum absolute atomic E-state index is 0.107. The second kappa shape index (κ2) is 9.39. The van der Waals surface area contributed by atoms with Gasteiger partial charge in [-0.15, -0.1) is 11.8 Å². The van der Waals surface area contributed by atoms with Crippen molar-refractivity contribution in [3.8, 4) is 0 Å². The summed E-state index contributed by atoms with van der Waals surface area (Å²) in [5, 5.41) is 5.90. The normalized spacial score (nSPS) is 11.5. The number of benzene rings is 2. The van der Waals surface area contributed by atoms with Crippen LogP contribution in [-0.4, -0.2) is 22.0 Å². The number of rotatable bonds is 6. The number of anilines is 2. The van der Waals surface area contributed by atoms with Gasteiger partial charge >= 0.3 is 0 Å². The average Bonchev–Trinajstić information content (AvgIpc) is 2.69. The third kappa shape index (κ3) is 5.58.